The van der Waals surface area contributed by atoms with Gasteiger partial charge in [-0.3, -0.25) is 0 Å². The summed E-state index contributed by atoms with van der Waals surface area (Å²) in [5.41, 5.74) is 5.59. The molecular weight excluding hydrogens is 428 g/mol. The van der Waals surface area contributed by atoms with Crippen LogP contribution in [0.5, 0.6) is 0 Å². The Hall–Kier alpha value is -2.56. The molecule has 0 saturated heterocycles. The molecule has 0 aliphatic carbocycles. The van der Waals surface area contributed by atoms with Crippen LogP contribution in [-0.2, 0) is 12.8 Å². The van der Waals surface area contributed by atoms with Crippen LogP contribution in [0.4, 0.5) is 11.4 Å². The van der Waals surface area contributed by atoms with Gasteiger partial charge in [0.25, 0.3) is 0 Å². The summed E-state index contributed by atoms with van der Waals surface area (Å²) >= 11 is 3.97. The number of para-hydroxylation sites is 2. The smallest absolute Gasteiger partial charge is 0.0835 e. The highest BCUT2D eigenvalue weighted by molar-refractivity contribution is 8.00. The molecule has 4 heteroatoms. The lowest BCUT2D eigenvalue weighted by molar-refractivity contribution is 0.830. The van der Waals surface area contributed by atoms with Gasteiger partial charge in [-0.1, -0.05) is 84.2 Å². The second-order valence-corrected chi connectivity index (χ2v) is 11.1. The normalized spacial score (nSPS) is 19.4. The minimum absolute atomic E-state index is 0.438. The molecule has 0 spiro atoms. The van der Waals surface area contributed by atoms with Crippen LogP contribution in [0.3, 0.4) is 0 Å². The van der Waals surface area contributed by atoms with Gasteiger partial charge in [-0.15, -0.1) is 0 Å². The van der Waals surface area contributed by atoms with E-state index < -0.39 is 0 Å². The van der Waals surface area contributed by atoms with Crippen LogP contribution < -0.4 is 9.80 Å². The van der Waals surface area contributed by atoms with Gasteiger partial charge in [0.15, 0.2) is 0 Å². The lowest BCUT2D eigenvalue weighted by Crippen LogP contribution is -2.27. The van der Waals surface area contributed by atoms with Crippen molar-refractivity contribution in [2.45, 2.75) is 33.4 Å². The first-order valence-corrected chi connectivity index (χ1v) is 12.9. The third kappa shape index (κ3) is 3.37. The third-order valence-electron chi connectivity index (χ3n) is 6.77. The lowest BCUT2D eigenvalue weighted by Gasteiger charge is -2.24. The number of rotatable bonds is 4. The molecule has 6 rings (SSSR count). The zero-order valence-corrected chi connectivity index (χ0v) is 20.0. The Morgan fingerprint density at radius 1 is 0.562 bits per heavy atom. The Labute approximate surface area is 198 Å². The van der Waals surface area contributed by atoms with Crippen molar-refractivity contribution in [1.29, 1.82) is 0 Å². The van der Waals surface area contributed by atoms with E-state index in [1.54, 1.807) is 0 Å². The van der Waals surface area contributed by atoms with E-state index in [2.05, 4.69) is 109 Å². The van der Waals surface area contributed by atoms with Crippen molar-refractivity contribution in [3.8, 4) is 0 Å². The number of anilines is 2. The van der Waals surface area contributed by atoms with E-state index in [9.17, 15) is 0 Å². The largest absolute Gasteiger partial charge is 0.361 e. The molecule has 0 aromatic heterocycles. The molecule has 0 N–H and O–H groups in total. The second-order valence-electron chi connectivity index (χ2n) is 8.64. The highest BCUT2D eigenvalue weighted by atomic mass is 32.2. The van der Waals surface area contributed by atoms with Gasteiger partial charge in [-0.05, 0) is 46.2 Å². The standard InChI is InChI=1S/C28H26N2S2/c1-29-23-11-5-7-13-25(23)31-27(29)17-19-15-16-20(22-10-4-3-9-21(19)22)18-28-30(2)24-12-6-8-14-26(24)32-28/h3-16,27-28H,17-18H2,1-2H3. The van der Waals surface area contributed by atoms with Crippen LogP contribution in [0.2, 0.25) is 0 Å². The molecule has 2 unspecified atom stereocenters. The van der Waals surface area contributed by atoms with Gasteiger partial charge >= 0.3 is 0 Å². The Balaban J connectivity index is 1.29. The van der Waals surface area contributed by atoms with E-state index >= 15 is 0 Å². The highest BCUT2D eigenvalue weighted by Crippen LogP contribution is 2.45. The Morgan fingerprint density at radius 2 is 0.969 bits per heavy atom. The maximum Gasteiger partial charge on any atom is 0.0835 e. The first-order chi connectivity index (χ1) is 15.7. The molecule has 0 bridgehead atoms. The van der Waals surface area contributed by atoms with Gasteiger partial charge < -0.3 is 9.80 Å². The molecule has 2 aliphatic rings. The number of fused-ring (bicyclic) bond motifs is 3. The minimum atomic E-state index is 0.438. The topological polar surface area (TPSA) is 6.48 Å². The summed E-state index contributed by atoms with van der Waals surface area (Å²) in [6, 6.07) is 31.2. The number of nitrogens with zero attached hydrogens (tertiary/aromatic N) is 2. The van der Waals surface area contributed by atoms with Crippen molar-refractivity contribution in [1.82, 2.24) is 0 Å². The van der Waals surface area contributed by atoms with Gasteiger partial charge in [-0.25, -0.2) is 0 Å². The maximum absolute atomic E-state index is 2.43. The molecule has 4 aromatic carbocycles. The van der Waals surface area contributed by atoms with Crippen LogP contribution in [0.25, 0.3) is 10.8 Å². The van der Waals surface area contributed by atoms with Gasteiger partial charge in [-0.2, -0.15) is 0 Å². The van der Waals surface area contributed by atoms with Crippen LogP contribution >= 0.6 is 23.5 Å². The van der Waals surface area contributed by atoms with E-state index in [1.165, 1.54) is 43.1 Å². The van der Waals surface area contributed by atoms with E-state index in [0.29, 0.717) is 10.7 Å². The molecule has 0 radical (unpaired) electrons. The monoisotopic (exact) mass is 454 g/mol. The molecule has 0 fully saturated rings. The van der Waals surface area contributed by atoms with E-state index in [0.717, 1.165) is 12.8 Å². The summed E-state index contributed by atoms with van der Waals surface area (Å²) in [4.78, 5) is 7.65. The minimum Gasteiger partial charge on any atom is -0.361 e. The third-order valence-corrected chi connectivity index (χ3v) is 9.48. The summed E-state index contributed by atoms with van der Waals surface area (Å²) in [6.07, 6.45) is 2.08. The van der Waals surface area contributed by atoms with E-state index in [4.69, 9.17) is 0 Å². The zero-order chi connectivity index (χ0) is 21.7. The Bertz CT molecular complexity index is 1200. The number of hydrogen-bond acceptors (Lipinski definition) is 4. The number of benzene rings is 4. The maximum atomic E-state index is 2.43. The van der Waals surface area contributed by atoms with Crippen molar-refractivity contribution < 1.29 is 0 Å². The lowest BCUT2D eigenvalue weighted by atomic mass is 9.96. The van der Waals surface area contributed by atoms with E-state index in [1.807, 2.05) is 23.5 Å². The molecule has 0 saturated carbocycles. The van der Waals surface area contributed by atoms with E-state index in [-0.39, 0.29) is 0 Å². The molecule has 160 valence electrons. The van der Waals surface area contributed by atoms with Crippen molar-refractivity contribution >= 4 is 45.7 Å². The van der Waals surface area contributed by atoms with Crippen molar-refractivity contribution in [2.75, 3.05) is 23.9 Å². The average Bonchev–Trinajstić information content (AvgIpc) is 3.32. The first kappa shape index (κ1) is 20.1. The van der Waals surface area contributed by atoms with Gasteiger partial charge in [0.2, 0.25) is 0 Å². The van der Waals surface area contributed by atoms with Crippen molar-refractivity contribution in [2.24, 2.45) is 0 Å². The number of likely N-dealkylation sites (N-methyl/N-ethyl adjacent to an activating group) is 2. The number of thioether (sulfide) groups is 2. The second kappa shape index (κ2) is 8.09. The molecule has 0 amide bonds. The van der Waals surface area contributed by atoms with Crippen LogP contribution in [0.15, 0.2) is 94.7 Å². The Morgan fingerprint density at radius 3 is 1.41 bits per heavy atom. The van der Waals surface area contributed by atoms with Crippen LogP contribution in [-0.4, -0.2) is 24.8 Å². The first-order valence-electron chi connectivity index (χ1n) is 11.2. The van der Waals surface area contributed by atoms with Crippen molar-refractivity contribution in [3.05, 3.63) is 96.1 Å². The molecule has 2 aliphatic heterocycles. The summed E-state index contributed by atoms with van der Waals surface area (Å²) in [6.45, 7) is 0. The zero-order valence-electron chi connectivity index (χ0n) is 18.4. The number of hydrogen-bond donors (Lipinski definition) is 0. The van der Waals surface area contributed by atoms with Gasteiger partial charge in [0.1, 0.15) is 0 Å². The highest BCUT2D eigenvalue weighted by Gasteiger charge is 2.29. The fourth-order valence-corrected chi connectivity index (χ4v) is 7.61. The summed E-state index contributed by atoms with van der Waals surface area (Å²) in [5.74, 6) is 0. The molecule has 4 aromatic rings. The summed E-state index contributed by atoms with van der Waals surface area (Å²) in [7, 11) is 4.45. The molecule has 2 atom stereocenters. The summed E-state index contributed by atoms with van der Waals surface area (Å²) in [5, 5.41) is 3.68. The molecule has 2 heterocycles. The van der Waals surface area contributed by atoms with Gasteiger partial charge in [0, 0.05) is 36.7 Å². The SMILES string of the molecule is CN1c2ccccc2SC1Cc1ccc(CC2Sc3ccccc3N2C)c2ccccc12. The predicted octanol–water partition coefficient (Wildman–Crippen LogP) is 7.06. The molecule has 2 nitrogen and oxygen atoms in total. The molecule has 32 heavy (non-hydrogen) atoms. The molecular formula is C28H26N2S2. The Kier molecular flexibility index (Phi) is 5.08. The van der Waals surface area contributed by atoms with Gasteiger partial charge in [0.05, 0.1) is 22.1 Å². The average molecular weight is 455 g/mol. The fourth-order valence-electron chi connectivity index (χ4n) is 4.97. The fraction of sp³-hybridized carbons (Fsp3) is 0.214. The predicted molar refractivity (Wildman–Crippen MR) is 140 cm³/mol. The summed E-state index contributed by atoms with van der Waals surface area (Å²) < 4.78 is 0. The van der Waals surface area contributed by atoms with Crippen LogP contribution in [0, 0.1) is 0 Å². The van der Waals surface area contributed by atoms with Crippen molar-refractivity contribution in [3.63, 3.8) is 0 Å². The quantitative estimate of drug-likeness (QED) is 0.325. The van der Waals surface area contributed by atoms with Crippen LogP contribution in [0.1, 0.15) is 11.1 Å².